The van der Waals surface area contributed by atoms with Gasteiger partial charge in [0.25, 0.3) is 0 Å². The van der Waals surface area contributed by atoms with Gasteiger partial charge in [-0.15, -0.1) is 11.8 Å². The van der Waals surface area contributed by atoms with Gasteiger partial charge in [0.2, 0.25) is 0 Å². The van der Waals surface area contributed by atoms with Gasteiger partial charge in [0.1, 0.15) is 5.82 Å². The van der Waals surface area contributed by atoms with E-state index in [1.807, 2.05) is 19.1 Å². The quantitative estimate of drug-likeness (QED) is 0.839. The molecule has 19 heavy (non-hydrogen) atoms. The summed E-state index contributed by atoms with van der Waals surface area (Å²) in [7, 11) is 0. The Hall–Kier alpha value is -0.620. The van der Waals surface area contributed by atoms with Crippen LogP contribution in [-0.2, 0) is 4.74 Å². The Balaban J connectivity index is 1.75. The molecule has 0 amide bonds. The minimum atomic E-state index is -0.136. The largest absolute Gasteiger partial charge is 0.374 e. The maximum Gasteiger partial charge on any atom is 0.136 e. The van der Waals surface area contributed by atoms with E-state index >= 15 is 0 Å². The zero-order valence-corrected chi connectivity index (χ0v) is 12.0. The van der Waals surface area contributed by atoms with Crippen LogP contribution in [0.4, 0.5) is 4.39 Å². The van der Waals surface area contributed by atoms with E-state index in [2.05, 4.69) is 4.90 Å². The molecular formula is C14H21FN2OS. The number of benzene rings is 1. The monoisotopic (exact) mass is 284 g/mol. The number of ether oxygens (including phenoxy) is 1. The first-order valence-corrected chi connectivity index (χ1v) is 7.62. The van der Waals surface area contributed by atoms with Gasteiger partial charge in [-0.25, -0.2) is 4.39 Å². The van der Waals surface area contributed by atoms with Crippen molar-refractivity contribution in [1.82, 2.24) is 4.90 Å². The lowest BCUT2D eigenvalue weighted by Crippen LogP contribution is -2.49. The molecule has 5 heteroatoms. The van der Waals surface area contributed by atoms with Crippen molar-refractivity contribution in [3.8, 4) is 0 Å². The maximum absolute atomic E-state index is 13.5. The molecule has 0 radical (unpaired) electrons. The van der Waals surface area contributed by atoms with Crippen LogP contribution in [0.5, 0.6) is 0 Å². The van der Waals surface area contributed by atoms with Gasteiger partial charge in [0.05, 0.1) is 12.7 Å². The number of rotatable bonds is 5. The third kappa shape index (κ3) is 4.45. The van der Waals surface area contributed by atoms with Gasteiger partial charge in [-0.05, 0) is 19.1 Å². The van der Waals surface area contributed by atoms with E-state index in [0.717, 1.165) is 36.9 Å². The van der Waals surface area contributed by atoms with Crippen molar-refractivity contribution in [2.45, 2.75) is 24.0 Å². The van der Waals surface area contributed by atoms with Crippen LogP contribution in [0.1, 0.15) is 6.92 Å². The van der Waals surface area contributed by atoms with Gasteiger partial charge in [0, 0.05) is 36.3 Å². The maximum atomic E-state index is 13.5. The summed E-state index contributed by atoms with van der Waals surface area (Å²) in [4.78, 5) is 3.06. The van der Waals surface area contributed by atoms with E-state index in [0.29, 0.717) is 0 Å². The molecule has 0 spiro atoms. The SMILES string of the molecule is CC(N)C1CN(CCSc2ccccc2F)CCO1. The highest BCUT2D eigenvalue weighted by Gasteiger charge is 2.22. The van der Waals surface area contributed by atoms with Crippen molar-refractivity contribution in [3.05, 3.63) is 30.1 Å². The van der Waals surface area contributed by atoms with Crippen LogP contribution in [-0.4, -0.2) is 49.0 Å². The Bertz CT molecular complexity index is 403. The molecule has 0 aliphatic carbocycles. The Morgan fingerprint density at radius 3 is 3.05 bits per heavy atom. The van der Waals surface area contributed by atoms with Crippen LogP contribution in [0.25, 0.3) is 0 Å². The fourth-order valence-corrected chi connectivity index (χ4v) is 3.05. The molecule has 2 unspecified atom stereocenters. The number of hydrogen-bond acceptors (Lipinski definition) is 4. The lowest BCUT2D eigenvalue weighted by Gasteiger charge is -2.34. The second kappa shape index (κ2) is 7.24. The molecule has 2 atom stereocenters. The second-order valence-electron chi connectivity index (χ2n) is 4.85. The molecule has 1 aromatic carbocycles. The molecule has 3 nitrogen and oxygen atoms in total. The molecular weight excluding hydrogens is 263 g/mol. The molecule has 0 bridgehead atoms. The van der Waals surface area contributed by atoms with Crippen molar-refractivity contribution in [3.63, 3.8) is 0 Å². The molecule has 1 aromatic rings. The highest BCUT2D eigenvalue weighted by atomic mass is 32.2. The summed E-state index contributed by atoms with van der Waals surface area (Å²) in [6.45, 7) is 5.45. The van der Waals surface area contributed by atoms with Gasteiger partial charge in [-0.1, -0.05) is 12.1 Å². The zero-order chi connectivity index (χ0) is 13.7. The molecule has 1 heterocycles. The molecule has 1 fully saturated rings. The van der Waals surface area contributed by atoms with E-state index < -0.39 is 0 Å². The first kappa shape index (κ1) is 14.8. The average Bonchev–Trinajstić information content (AvgIpc) is 2.41. The van der Waals surface area contributed by atoms with Gasteiger partial charge < -0.3 is 10.5 Å². The highest BCUT2D eigenvalue weighted by Crippen LogP contribution is 2.21. The van der Waals surface area contributed by atoms with Crippen LogP contribution in [0.2, 0.25) is 0 Å². The summed E-state index contributed by atoms with van der Waals surface area (Å²) in [5.74, 6) is 0.745. The topological polar surface area (TPSA) is 38.5 Å². The summed E-state index contributed by atoms with van der Waals surface area (Å²) in [6, 6.07) is 6.97. The lowest BCUT2D eigenvalue weighted by molar-refractivity contribution is -0.0355. The molecule has 106 valence electrons. The molecule has 0 saturated carbocycles. The number of morpholine rings is 1. The van der Waals surface area contributed by atoms with Gasteiger partial charge in [-0.3, -0.25) is 4.90 Å². The van der Waals surface area contributed by atoms with E-state index in [1.54, 1.807) is 17.8 Å². The van der Waals surface area contributed by atoms with Crippen molar-refractivity contribution >= 4 is 11.8 Å². The van der Waals surface area contributed by atoms with Crippen molar-refractivity contribution in [1.29, 1.82) is 0 Å². The lowest BCUT2D eigenvalue weighted by atomic mass is 10.1. The van der Waals surface area contributed by atoms with Crippen LogP contribution >= 0.6 is 11.8 Å². The number of hydrogen-bond donors (Lipinski definition) is 1. The Morgan fingerprint density at radius 2 is 2.32 bits per heavy atom. The summed E-state index contributed by atoms with van der Waals surface area (Å²) in [5, 5.41) is 0. The Kier molecular flexibility index (Phi) is 5.63. The fourth-order valence-electron chi connectivity index (χ4n) is 2.10. The fraction of sp³-hybridized carbons (Fsp3) is 0.571. The van der Waals surface area contributed by atoms with Gasteiger partial charge in [0.15, 0.2) is 0 Å². The van der Waals surface area contributed by atoms with Crippen molar-refractivity contribution in [2.75, 3.05) is 32.0 Å². The van der Waals surface area contributed by atoms with Gasteiger partial charge in [-0.2, -0.15) is 0 Å². The summed E-state index contributed by atoms with van der Waals surface area (Å²) >= 11 is 1.56. The normalized spacial score (nSPS) is 22.4. The summed E-state index contributed by atoms with van der Waals surface area (Å²) < 4.78 is 19.1. The van der Waals surface area contributed by atoms with Crippen LogP contribution in [0.3, 0.4) is 0 Å². The molecule has 2 rings (SSSR count). The van der Waals surface area contributed by atoms with E-state index in [9.17, 15) is 4.39 Å². The van der Waals surface area contributed by atoms with E-state index in [-0.39, 0.29) is 18.0 Å². The molecule has 1 aliphatic heterocycles. The number of nitrogens with two attached hydrogens (primary N) is 1. The highest BCUT2D eigenvalue weighted by molar-refractivity contribution is 7.99. The van der Waals surface area contributed by atoms with Crippen molar-refractivity contribution < 1.29 is 9.13 Å². The summed E-state index contributed by atoms with van der Waals surface area (Å²) in [5.41, 5.74) is 5.86. The van der Waals surface area contributed by atoms with E-state index in [1.165, 1.54) is 6.07 Å². The van der Waals surface area contributed by atoms with E-state index in [4.69, 9.17) is 10.5 Å². The van der Waals surface area contributed by atoms with Crippen LogP contribution in [0, 0.1) is 5.82 Å². The Morgan fingerprint density at radius 1 is 1.53 bits per heavy atom. The predicted octanol–water partition coefficient (Wildman–Crippen LogP) is 1.97. The first-order valence-electron chi connectivity index (χ1n) is 6.63. The first-order chi connectivity index (χ1) is 9.16. The summed E-state index contributed by atoms with van der Waals surface area (Å²) in [6.07, 6.45) is 0.118. The molecule has 0 aromatic heterocycles. The standard InChI is InChI=1S/C14H21FN2OS/c1-11(16)13-10-17(6-8-18-13)7-9-19-14-5-3-2-4-12(14)15/h2-5,11,13H,6-10,16H2,1H3. The number of thioether (sulfide) groups is 1. The van der Waals surface area contributed by atoms with Crippen molar-refractivity contribution in [2.24, 2.45) is 5.73 Å². The number of nitrogens with zero attached hydrogens (tertiary/aromatic N) is 1. The zero-order valence-electron chi connectivity index (χ0n) is 11.2. The third-order valence-electron chi connectivity index (χ3n) is 3.27. The van der Waals surface area contributed by atoms with Crippen LogP contribution < -0.4 is 5.73 Å². The minimum Gasteiger partial charge on any atom is -0.374 e. The smallest absolute Gasteiger partial charge is 0.136 e. The molecule has 1 saturated heterocycles. The van der Waals surface area contributed by atoms with Crippen LogP contribution in [0.15, 0.2) is 29.2 Å². The second-order valence-corrected chi connectivity index (χ2v) is 5.98. The predicted molar refractivity (Wildman–Crippen MR) is 77.0 cm³/mol. The Labute approximate surface area is 118 Å². The van der Waals surface area contributed by atoms with Gasteiger partial charge >= 0.3 is 0 Å². The third-order valence-corrected chi connectivity index (χ3v) is 4.29. The number of halogens is 1. The average molecular weight is 284 g/mol. The molecule has 2 N–H and O–H groups in total. The molecule has 1 aliphatic rings. The minimum absolute atomic E-state index is 0.0574.